The Labute approximate surface area is 144 Å². The van der Waals surface area contributed by atoms with Crippen molar-refractivity contribution < 1.29 is 9.53 Å². The molecular weight excluding hydrogens is 320 g/mol. The van der Waals surface area contributed by atoms with Crippen molar-refractivity contribution in [2.45, 2.75) is 26.2 Å². The van der Waals surface area contributed by atoms with Crippen molar-refractivity contribution in [2.24, 2.45) is 0 Å². The molecular formula is C19H18N2O2S. The average molecular weight is 338 g/mol. The molecule has 24 heavy (non-hydrogen) atoms. The molecule has 1 aliphatic carbocycles. The SMILES string of the molecule is CCOc1ccc(C(=O)c2sc3nc4c(cc3c2N)CCC4)cc1. The Morgan fingerprint density at radius 3 is 2.83 bits per heavy atom. The number of nitrogens with zero attached hydrogens (tertiary/aromatic N) is 1. The van der Waals surface area contributed by atoms with Crippen LogP contribution < -0.4 is 10.5 Å². The topological polar surface area (TPSA) is 65.2 Å². The quantitative estimate of drug-likeness (QED) is 0.730. The number of fused-ring (bicyclic) bond motifs is 2. The second kappa shape index (κ2) is 5.91. The number of hydrogen-bond acceptors (Lipinski definition) is 5. The van der Waals surface area contributed by atoms with E-state index in [0.29, 0.717) is 22.7 Å². The lowest BCUT2D eigenvalue weighted by Gasteiger charge is -2.04. The Bertz CT molecular complexity index is 929. The number of carbonyl (C=O) groups excluding carboxylic acids is 1. The maximum absolute atomic E-state index is 12.8. The summed E-state index contributed by atoms with van der Waals surface area (Å²) in [4.78, 5) is 19.0. The van der Waals surface area contributed by atoms with Crippen molar-refractivity contribution in [2.75, 3.05) is 12.3 Å². The van der Waals surface area contributed by atoms with E-state index in [1.807, 2.05) is 19.1 Å². The summed E-state index contributed by atoms with van der Waals surface area (Å²) in [5, 5.41) is 0.912. The third-order valence-corrected chi connectivity index (χ3v) is 5.50. The van der Waals surface area contributed by atoms with Crippen LogP contribution in [0.25, 0.3) is 10.2 Å². The fourth-order valence-electron chi connectivity index (χ4n) is 3.17. The first kappa shape index (κ1) is 15.1. The van der Waals surface area contributed by atoms with Crippen LogP contribution in [-0.2, 0) is 12.8 Å². The Hall–Kier alpha value is -2.40. The van der Waals surface area contributed by atoms with Crippen molar-refractivity contribution >= 4 is 33.0 Å². The van der Waals surface area contributed by atoms with Gasteiger partial charge in [-0.1, -0.05) is 0 Å². The maximum atomic E-state index is 12.8. The van der Waals surface area contributed by atoms with E-state index in [2.05, 4.69) is 6.07 Å². The first-order valence-corrected chi connectivity index (χ1v) is 8.97. The molecule has 0 unspecified atom stereocenters. The summed E-state index contributed by atoms with van der Waals surface area (Å²) in [6.45, 7) is 2.54. The fraction of sp³-hybridized carbons (Fsp3) is 0.263. The van der Waals surface area contributed by atoms with E-state index in [0.717, 1.165) is 40.9 Å². The predicted octanol–water partition coefficient (Wildman–Crippen LogP) is 4.00. The molecule has 0 spiro atoms. The number of thiophene rings is 1. The Morgan fingerprint density at radius 2 is 2.08 bits per heavy atom. The van der Waals surface area contributed by atoms with Gasteiger partial charge in [0.15, 0.2) is 0 Å². The van der Waals surface area contributed by atoms with Gasteiger partial charge in [0.05, 0.1) is 12.3 Å². The highest BCUT2D eigenvalue weighted by molar-refractivity contribution is 7.21. The number of carbonyl (C=O) groups is 1. The summed E-state index contributed by atoms with van der Waals surface area (Å²) in [7, 11) is 0. The number of aryl methyl sites for hydroxylation is 2. The van der Waals surface area contributed by atoms with E-state index in [4.69, 9.17) is 15.5 Å². The Kier molecular flexibility index (Phi) is 3.73. The third-order valence-electron chi connectivity index (χ3n) is 4.38. The van der Waals surface area contributed by atoms with E-state index in [-0.39, 0.29) is 5.78 Å². The highest BCUT2D eigenvalue weighted by atomic mass is 32.1. The number of nitrogens with two attached hydrogens (primary N) is 1. The number of ketones is 1. The number of aromatic nitrogens is 1. The molecule has 1 aromatic carbocycles. The summed E-state index contributed by atoms with van der Waals surface area (Å²) in [5.41, 5.74) is 9.87. The molecule has 0 radical (unpaired) electrons. The van der Waals surface area contributed by atoms with Gasteiger partial charge < -0.3 is 10.5 Å². The smallest absolute Gasteiger partial charge is 0.205 e. The van der Waals surface area contributed by atoms with E-state index < -0.39 is 0 Å². The molecule has 0 saturated carbocycles. The van der Waals surface area contributed by atoms with Crippen LogP contribution in [0.2, 0.25) is 0 Å². The summed E-state index contributed by atoms with van der Waals surface area (Å²) in [6, 6.07) is 9.31. The minimum Gasteiger partial charge on any atom is -0.494 e. The Morgan fingerprint density at radius 1 is 1.29 bits per heavy atom. The monoisotopic (exact) mass is 338 g/mol. The molecule has 2 heterocycles. The molecule has 0 saturated heterocycles. The minimum absolute atomic E-state index is 0.0568. The largest absolute Gasteiger partial charge is 0.494 e. The molecule has 4 nitrogen and oxygen atoms in total. The molecule has 4 rings (SSSR count). The standard InChI is InChI=1S/C19H18N2O2S/c1-2-23-13-8-6-11(7-9-13)17(22)18-16(20)14-10-12-4-3-5-15(12)21-19(14)24-18/h6-10H,2-5,20H2,1H3. The number of pyridine rings is 1. The minimum atomic E-state index is -0.0568. The first-order valence-electron chi connectivity index (χ1n) is 8.15. The van der Waals surface area contributed by atoms with Gasteiger partial charge in [0, 0.05) is 16.6 Å². The number of benzene rings is 1. The van der Waals surface area contributed by atoms with E-state index in [1.54, 1.807) is 12.1 Å². The zero-order chi connectivity index (χ0) is 16.7. The van der Waals surface area contributed by atoms with Crippen molar-refractivity contribution in [3.05, 3.63) is 52.0 Å². The molecule has 5 heteroatoms. The molecule has 0 aliphatic heterocycles. The molecule has 0 bridgehead atoms. The van der Waals surface area contributed by atoms with E-state index in [1.165, 1.54) is 16.9 Å². The van der Waals surface area contributed by atoms with Gasteiger partial charge in [-0.2, -0.15) is 0 Å². The van der Waals surface area contributed by atoms with Crippen LogP contribution in [0.3, 0.4) is 0 Å². The van der Waals surface area contributed by atoms with Gasteiger partial charge >= 0.3 is 0 Å². The van der Waals surface area contributed by atoms with Crippen LogP contribution in [0.4, 0.5) is 5.69 Å². The number of anilines is 1. The van der Waals surface area contributed by atoms with Crippen LogP contribution in [0.15, 0.2) is 30.3 Å². The number of hydrogen-bond donors (Lipinski definition) is 1. The number of nitrogen functional groups attached to an aromatic ring is 1. The fourth-order valence-corrected chi connectivity index (χ4v) is 4.23. The molecule has 2 aromatic heterocycles. The lowest BCUT2D eigenvalue weighted by atomic mass is 10.1. The molecule has 0 atom stereocenters. The van der Waals surface area contributed by atoms with Crippen molar-refractivity contribution in [3.63, 3.8) is 0 Å². The molecule has 3 aromatic rings. The van der Waals surface area contributed by atoms with Crippen molar-refractivity contribution in [1.29, 1.82) is 0 Å². The summed E-state index contributed by atoms with van der Waals surface area (Å²) >= 11 is 1.39. The second-order valence-corrected chi connectivity index (χ2v) is 6.93. The molecule has 0 amide bonds. The van der Waals surface area contributed by atoms with Crippen LogP contribution >= 0.6 is 11.3 Å². The van der Waals surface area contributed by atoms with Gasteiger partial charge in [-0.05, 0) is 62.1 Å². The zero-order valence-corrected chi connectivity index (χ0v) is 14.3. The van der Waals surface area contributed by atoms with Gasteiger partial charge in [-0.25, -0.2) is 4.98 Å². The van der Waals surface area contributed by atoms with Gasteiger partial charge in [0.2, 0.25) is 5.78 Å². The normalized spacial score (nSPS) is 13.2. The third kappa shape index (κ3) is 2.45. The van der Waals surface area contributed by atoms with Gasteiger partial charge in [0.25, 0.3) is 0 Å². The van der Waals surface area contributed by atoms with E-state index >= 15 is 0 Å². The van der Waals surface area contributed by atoms with Crippen LogP contribution in [-0.4, -0.2) is 17.4 Å². The molecule has 0 fully saturated rings. The van der Waals surface area contributed by atoms with Crippen molar-refractivity contribution in [1.82, 2.24) is 4.98 Å². The summed E-state index contributed by atoms with van der Waals surface area (Å²) in [5.74, 6) is 0.704. The van der Waals surface area contributed by atoms with Crippen LogP contribution in [0.5, 0.6) is 5.75 Å². The number of rotatable bonds is 4. The Balaban J connectivity index is 1.73. The highest BCUT2D eigenvalue weighted by Crippen LogP contribution is 2.37. The second-order valence-electron chi connectivity index (χ2n) is 5.93. The van der Waals surface area contributed by atoms with Crippen LogP contribution in [0, 0.1) is 0 Å². The first-order chi connectivity index (χ1) is 11.7. The number of ether oxygens (including phenoxy) is 1. The average Bonchev–Trinajstić information content (AvgIpc) is 3.18. The van der Waals surface area contributed by atoms with Gasteiger partial charge in [0.1, 0.15) is 15.5 Å². The molecule has 1 aliphatic rings. The summed E-state index contributed by atoms with van der Waals surface area (Å²) < 4.78 is 5.42. The molecule has 2 N–H and O–H groups in total. The summed E-state index contributed by atoms with van der Waals surface area (Å²) in [6.07, 6.45) is 3.22. The predicted molar refractivity (Wildman–Crippen MR) is 97.1 cm³/mol. The zero-order valence-electron chi connectivity index (χ0n) is 13.5. The van der Waals surface area contributed by atoms with Crippen molar-refractivity contribution in [3.8, 4) is 5.75 Å². The van der Waals surface area contributed by atoms with Crippen LogP contribution in [0.1, 0.15) is 39.8 Å². The maximum Gasteiger partial charge on any atom is 0.205 e. The van der Waals surface area contributed by atoms with E-state index in [9.17, 15) is 4.79 Å². The lowest BCUT2D eigenvalue weighted by molar-refractivity contribution is 0.104. The lowest BCUT2D eigenvalue weighted by Crippen LogP contribution is -2.02. The molecule has 122 valence electrons. The van der Waals surface area contributed by atoms with Gasteiger partial charge in [-0.3, -0.25) is 4.79 Å². The van der Waals surface area contributed by atoms with Gasteiger partial charge in [-0.15, -0.1) is 11.3 Å². The highest BCUT2D eigenvalue weighted by Gasteiger charge is 2.21.